The molecule has 1 aliphatic heterocycles. The molecular weight excluding hydrogens is 280 g/mol. The lowest BCUT2D eigenvalue weighted by molar-refractivity contribution is -0.126. The van der Waals surface area contributed by atoms with Crippen LogP contribution in [0.4, 0.5) is 0 Å². The molecule has 1 fully saturated rings. The van der Waals surface area contributed by atoms with Gasteiger partial charge in [0.25, 0.3) is 0 Å². The molecule has 1 aromatic rings. The molecular formula is C12H20N4O3S. The van der Waals surface area contributed by atoms with Crippen molar-refractivity contribution in [1.29, 1.82) is 0 Å². The van der Waals surface area contributed by atoms with Gasteiger partial charge in [0.05, 0.1) is 24.4 Å². The molecule has 2 rings (SSSR count). The maximum absolute atomic E-state index is 12.2. The monoisotopic (exact) mass is 300 g/mol. The SMILES string of the molecule is CC(NC(=O)C1CCCN(S(C)(=O)=O)C1)c1cn[nH]c1. The average Bonchev–Trinajstić information content (AvgIpc) is 2.91. The van der Waals surface area contributed by atoms with E-state index in [0.29, 0.717) is 13.0 Å². The lowest BCUT2D eigenvalue weighted by Crippen LogP contribution is -2.45. The predicted molar refractivity (Wildman–Crippen MR) is 74.3 cm³/mol. The third kappa shape index (κ3) is 3.57. The smallest absolute Gasteiger partial charge is 0.224 e. The van der Waals surface area contributed by atoms with Crippen molar-refractivity contribution in [1.82, 2.24) is 19.8 Å². The standard InChI is InChI=1S/C12H20N4O3S/c1-9(11-6-13-14-7-11)15-12(17)10-4-3-5-16(8-10)20(2,18)19/h6-7,9-10H,3-5,8H2,1-2H3,(H,13,14)(H,15,17). The summed E-state index contributed by atoms with van der Waals surface area (Å²) in [4.78, 5) is 12.2. The Morgan fingerprint density at radius 3 is 2.95 bits per heavy atom. The lowest BCUT2D eigenvalue weighted by atomic mass is 9.98. The second-order valence-electron chi connectivity index (χ2n) is 5.22. The van der Waals surface area contributed by atoms with Crippen LogP contribution in [0, 0.1) is 5.92 Å². The van der Waals surface area contributed by atoms with E-state index in [9.17, 15) is 13.2 Å². The van der Waals surface area contributed by atoms with Crippen LogP contribution in [-0.4, -0.2) is 48.2 Å². The maximum Gasteiger partial charge on any atom is 0.224 e. The Morgan fingerprint density at radius 1 is 1.60 bits per heavy atom. The third-order valence-corrected chi connectivity index (χ3v) is 4.87. The first-order chi connectivity index (χ1) is 9.38. The Kier molecular flexibility index (Phi) is 4.44. The summed E-state index contributed by atoms with van der Waals surface area (Å²) in [6.45, 7) is 2.64. The molecule has 2 N–H and O–H groups in total. The summed E-state index contributed by atoms with van der Waals surface area (Å²) in [5, 5.41) is 9.45. The van der Waals surface area contributed by atoms with Crippen molar-refractivity contribution in [3.63, 3.8) is 0 Å². The van der Waals surface area contributed by atoms with Gasteiger partial charge in [-0.25, -0.2) is 12.7 Å². The second kappa shape index (κ2) is 5.92. The first kappa shape index (κ1) is 15.0. The number of hydrogen-bond acceptors (Lipinski definition) is 4. The van der Waals surface area contributed by atoms with Crippen LogP contribution in [0.5, 0.6) is 0 Å². The number of nitrogens with one attached hydrogen (secondary N) is 2. The van der Waals surface area contributed by atoms with Gasteiger partial charge in [-0.2, -0.15) is 5.10 Å². The zero-order valence-corrected chi connectivity index (χ0v) is 12.5. The molecule has 1 amide bonds. The molecule has 0 bridgehead atoms. The van der Waals surface area contributed by atoms with Crippen LogP contribution in [0.3, 0.4) is 0 Å². The number of aromatic amines is 1. The molecule has 0 saturated carbocycles. The summed E-state index contributed by atoms with van der Waals surface area (Å²) < 4.78 is 24.5. The van der Waals surface area contributed by atoms with E-state index in [1.54, 1.807) is 12.4 Å². The van der Waals surface area contributed by atoms with E-state index in [2.05, 4.69) is 15.5 Å². The number of rotatable bonds is 4. The van der Waals surface area contributed by atoms with Gasteiger partial charge in [0, 0.05) is 24.8 Å². The first-order valence-corrected chi connectivity index (χ1v) is 8.47. The molecule has 8 heteroatoms. The van der Waals surface area contributed by atoms with E-state index < -0.39 is 10.0 Å². The fourth-order valence-electron chi connectivity index (χ4n) is 2.37. The van der Waals surface area contributed by atoms with Gasteiger partial charge in [0.2, 0.25) is 15.9 Å². The number of aromatic nitrogens is 2. The molecule has 0 spiro atoms. The minimum absolute atomic E-state index is 0.105. The van der Waals surface area contributed by atoms with Crippen molar-refractivity contribution >= 4 is 15.9 Å². The normalized spacial score (nSPS) is 22.4. The summed E-state index contributed by atoms with van der Waals surface area (Å²) >= 11 is 0. The zero-order chi connectivity index (χ0) is 14.8. The van der Waals surface area contributed by atoms with E-state index in [0.717, 1.165) is 12.0 Å². The quantitative estimate of drug-likeness (QED) is 0.833. The number of sulfonamides is 1. The molecule has 20 heavy (non-hydrogen) atoms. The van der Waals surface area contributed by atoms with Crippen molar-refractivity contribution in [2.45, 2.75) is 25.8 Å². The van der Waals surface area contributed by atoms with E-state index in [1.165, 1.54) is 10.6 Å². The predicted octanol–water partition coefficient (Wildman–Crippen LogP) is 0.259. The lowest BCUT2D eigenvalue weighted by Gasteiger charge is -2.30. The van der Waals surface area contributed by atoms with E-state index >= 15 is 0 Å². The minimum atomic E-state index is -3.23. The molecule has 0 radical (unpaired) electrons. The fourth-order valence-corrected chi connectivity index (χ4v) is 3.28. The van der Waals surface area contributed by atoms with Crippen molar-refractivity contribution in [2.75, 3.05) is 19.3 Å². The summed E-state index contributed by atoms with van der Waals surface area (Å²) in [6.07, 6.45) is 6.01. The molecule has 2 unspecified atom stereocenters. The Bertz CT molecular complexity index is 555. The molecule has 112 valence electrons. The highest BCUT2D eigenvalue weighted by Crippen LogP contribution is 2.20. The average molecular weight is 300 g/mol. The Balaban J connectivity index is 1.95. The van der Waals surface area contributed by atoms with Gasteiger partial charge in [-0.3, -0.25) is 9.89 Å². The fraction of sp³-hybridized carbons (Fsp3) is 0.667. The Hall–Kier alpha value is -1.41. The van der Waals surface area contributed by atoms with Crippen LogP contribution in [-0.2, 0) is 14.8 Å². The number of amides is 1. The molecule has 0 aromatic carbocycles. The van der Waals surface area contributed by atoms with Gasteiger partial charge < -0.3 is 5.32 Å². The number of carbonyl (C=O) groups excluding carboxylic acids is 1. The van der Waals surface area contributed by atoms with Crippen LogP contribution in [0.25, 0.3) is 0 Å². The summed E-state index contributed by atoms with van der Waals surface area (Å²) in [5.74, 6) is -0.389. The molecule has 1 aliphatic rings. The van der Waals surface area contributed by atoms with Gasteiger partial charge in [-0.05, 0) is 19.8 Å². The van der Waals surface area contributed by atoms with Crippen LogP contribution in [0.1, 0.15) is 31.4 Å². The zero-order valence-electron chi connectivity index (χ0n) is 11.7. The maximum atomic E-state index is 12.2. The van der Waals surface area contributed by atoms with Crippen LogP contribution >= 0.6 is 0 Å². The molecule has 2 heterocycles. The third-order valence-electron chi connectivity index (χ3n) is 3.60. The van der Waals surface area contributed by atoms with Crippen LogP contribution < -0.4 is 5.32 Å². The topological polar surface area (TPSA) is 95.2 Å². The highest BCUT2D eigenvalue weighted by molar-refractivity contribution is 7.88. The second-order valence-corrected chi connectivity index (χ2v) is 7.20. The highest BCUT2D eigenvalue weighted by Gasteiger charge is 2.30. The molecule has 0 aliphatic carbocycles. The molecule has 1 saturated heterocycles. The highest BCUT2D eigenvalue weighted by atomic mass is 32.2. The number of nitrogens with zero attached hydrogens (tertiary/aromatic N) is 2. The summed E-state index contributed by atoms with van der Waals surface area (Å²) in [6, 6.07) is -0.144. The van der Waals surface area contributed by atoms with Crippen molar-refractivity contribution in [2.24, 2.45) is 5.92 Å². The molecule has 2 atom stereocenters. The van der Waals surface area contributed by atoms with Crippen LogP contribution in [0.2, 0.25) is 0 Å². The van der Waals surface area contributed by atoms with Crippen LogP contribution in [0.15, 0.2) is 12.4 Å². The van der Waals surface area contributed by atoms with E-state index in [4.69, 9.17) is 0 Å². The van der Waals surface area contributed by atoms with Gasteiger partial charge in [-0.15, -0.1) is 0 Å². The largest absolute Gasteiger partial charge is 0.349 e. The van der Waals surface area contributed by atoms with Crippen molar-refractivity contribution in [3.05, 3.63) is 18.0 Å². The summed E-state index contributed by atoms with van der Waals surface area (Å²) in [7, 11) is -3.23. The van der Waals surface area contributed by atoms with Gasteiger partial charge in [0.15, 0.2) is 0 Å². The Labute approximate surface area is 118 Å². The summed E-state index contributed by atoms with van der Waals surface area (Å²) in [5.41, 5.74) is 0.897. The number of H-pyrrole nitrogens is 1. The number of hydrogen-bond donors (Lipinski definition) is 2. The minimum Gasteiger partial charge on any atom is -0.349 e. The van der Waals surface area contributed by atoms with Gasteiger partial charge in [-0.1, -0.05) is 0 Å². The van der Waals surface area contributed by atoms with Crippen molar-refractivity contribution in [3.8, 4) is 0 Å². The number of piperidine rings is 1. The van der Waals surface area contributed by atoms with E-state index in [-0.39, 0.29) is 24.4 Å². The molecule has 1 aromatic heterocycles. The van der Waals surface area contributed by atoms with Gasteiger partial charge >= 0.3 is 0 Å². The Morgan fingerprint density at radius 2 is 2.35 bits per heavy atom. The molecule has 7 nitrogen and oxygen atoms in total. The van der Waals surface area contributed by atoms with E-state index in [1.807, 2.05) is 6.92 Å². The van der Waals surface area contributed by atoms with Crippen molar-refractivity contribution < 1.29 is 13.2 Å². The first-order valence-electron chi connectivity index (χ1n) is 6.62. The number of carbonyl (C=O) groups is 1. The van der Waals surface area contributed by atoms with Gasteiger partial charge in [0.1, 0.15) is 0 Å².